The van der Waals surface area contributed by atoms with Crippen LogP contribution < -0.4 is 16.0 Å². The first kappa shape index (κ1) is 29.9. The average molecular weight is 544 g/mol. The number of hydrogen-bond acceptors (Lipinski definition) is 7. The summed E-state index contributed by atoms with van der Waals surface area (Å²) in [5.74, 6) is -0.0681. The summed E-state index contributed by atoms with van der Waals surface area (Å²) < 4.78 is 10.8. The summed E-state index contributed by atoms with van der Waals surface area (Å²) in [6.45, 7) is 11.6. The number of aliphatic hydroxyl groups is 1. The molecule has 11 heteroatoms. The molecule has 3 rings (SSSR count). The van der Waals surface area contributed by atoms with Crippen LogP contribution in [0.1, 0.15) is 70.0 Å². The van der Waals surface area contributed by atoms with Gasteiger partial charge in [-0.25, -0.2) is 9.59 Å². The van der Waals surface area contributed by atoms with E-state index in [0.717, 1.165) is 12.0 Å². The molecule has 39 heavy (non-hydrogen) atoms. The predicted molar refractivity (Wildman–Crippen MR) is 146 cm³/mol. The predicted octanol–water partition coefficient (Wildman–Crippen LogP) is 4.06. The molecular weight excluding hydrogens is 502 g/mol. The number of likely N-dealkylation sites (tertiary alicyclic amines) is 1. The van der Waals surface area contributed by atoms with Gasteiger partial charge in [0.25, 0.3) is 5.91 Å². The highest BCUT2D eigenvalue weighted by atomic mass is 16.6. The van der Waals surface area contributed by atoms with Gasteiger partial charge in [0.05, 0.1) is 18.6 Å². The highest BCUT2D eigenvalue weighted by molar-refractivity contribution is 5.90. The lowest BCUT2D eigenvalue weighted by Gasteiger charge is -2.28. The fourth-order valence-corrected chi connectivity index (χ4v) is 4.66. The Morgan fingerprint density at radius 2 is 1.90 bits per heavy atom. The molecule has 214 valence electrons. The number of aromatic nitrogens is 1. The van der Waals surface area contributed by atoms with Crippen molar-refractivity contribution >= 4 is 23.7 Å². The molecule has 1 fully saturated rings. The standard InChI is InChI=1S/C28H41N5O6/c1-7-8-14-21(24(34)25(35)29-17(2)20-12-10-9-11-13-20)30-27(37)38-22-15-33(16-28(22,5)6)26(36)31-23-18(3)32-39-19(23)4/h9-13,17,21-22,24,34H,7-8,14-16H2,1-6H3,(H,29,35)(H,30,37)(H,31,36)/t17-,21+,22-,24+/m1/s1. The first-order valence-corrected chi connectivity index (χ1v) is 13.4. The molecule has 1 aliphatic heterocycles. The van der Waals surface area contributed by atoms with E-state index in [1.54, 1.807) is 18.7 Å². The van der Waals surface area contributed by atoms with Crippen LogP contribution in [-0.2, 0) is 9.53 Å². The van der Waals surface area contributed by atoms with E-state index in [1.165, 1.54) is 0 Å². The lowest BCUT2D eigenvalue weighted by Crippen LogP contribution is -2.52. The van der Waals surface area contributed by atoms with Gasteiger partial charge in [-0.3, -0.25) is 4.79 Å². The van der Waals surface area contributed by atoms with Crippen LogP contribution in [0.5, 0.6) is 0 Å². The Bertz CT molecular complexity index is 1120. The number of benzene rings is 1. The number of anilines is 1. The fourth-order valence-electron chi connectivity index (χ4n) is 4.66. The third-order valence-electron chi connectivity index (χ3n) is 7.14. The third kappa shape index (κ3) is 7.72. The molecule has 2 aromatic rings. The van der Waals surface area contributed by atoms with Gasteiger partial charge in [-0.15, -0.1) is 0 Å². The van der Waals surface area contributed by atoms with Crippen molar-refractivity contribution in [2.24, 2.45) is 5.41 Å². The number of aryl methyl sites for hydroxylation is 2. The number of nitrogens with one attached hydrogen (secondary N) is 3. The molecule has 2 heterocycles. The van der Waals surface area contributed by atoms with Gasteiger partial charge >= 0.3 is 12.1 Å². The van der Waals surface area contributed by atoms with Gasteiger partial charge in [-0.2, -0.15) is 0 Å². The van der Waals surface area contributed by atoms with Crippen molar-refractivity contribution in [2.75, 3.05) is 18.4 Å². The summed E-state index contributed by atoms with van der Waals surface area (Å²) >= 11 is 0. The number of hydrogen-bond donors (Lipinski definition) is 4. The highest BCUT2D eigenvalue weighted by Crippen LogP contribution is 2.33. The molecule has 0 aliphatic carbocycles. The zero-order valence-electron chi connectivity index (χ0n) is 23.6. The van der Waals surface area contributed by atoms with Gasteiger partial charge in [0.15, 0.2) is 11.9 Å². The Hall–Kier alpha value is -3.60. The molecule has 11 nitrogen and oxygen atoms in total. The lowest BCUT2D eigenvalue weighted by molar-refractivity contribution is -0.131. The van der Waals surface area contributed by atoms with Gasteiger partial charge in [0.2, 0.25) is 0 Å². The number of nitrogens with zero attached hydrogens (tertiary/aromatic N) is 2. The number of urea groups is 1. The summed E-state index contributed by atoms with van der Waals surface area (Å²) in [7, 11) is 0. The van der Waals surface area contributed by atoms with Crippen molar-refractivity contribution in [3.05, 3.63) is 47.3 Å². The van der Waals surface area contributed by atoms with E-state index < -0.39 is 35.7 Å². The molecule has 4 amide bonds. The molecular formula is C28H41N5O6. The van der Waals surface area contributed by atoms with Crippen LogP contribution in [0.15, 0.2) is 34.9 Å². The Kier molecular flexibility index (Phi) is 9.96. The maximum atomic E-state index is 12.9. The number of carbonyl (C=O) groups excluding carboxylic acids is 3. The number of ether oxygens (including phenoxy) is 1. The summed E-state index contributed by atoms with van der Waals surface area (Å²) in [6.07, 6.45) is -0.862. The van der Waals surface area contributed by atoms with Crippen LogP contribution in [0.2, 0.25) is 0 Å². The summed E-state index contributed by atoms with van der Waals surface area (Å²) in [4.78, 5) is 40.3. The monoisotopic (exact) mass is 543 g/mol. The van der Waals surface area contributed by atoms with Crippen molar-refractivity contribution < 1.29 is 28.8 Å². The minimum Gasteiger partial charge on any atom is -0.444 e. The maximum Gasteiger partial charge on any atom is 0.407 e. The SMILES string of the molecule is CCCC[C@H](NC(=O)O[C@@H]1CN(C(=O)Nc2c(C)noc2C)CC1(C)C)[C@H](O)C(=O)N[C@H](C)c1ccccc1. The fraction of sp³-hybridized carbons (Fsp3) is 0.571. The lowest BCUT2D eigenvalue weighted by atomic mass is 9.90. The van der Waals surface area contributed by atoms with Crippen LogP contribution in [0.3, 0.4) is 0 Å². The number of alkyl carbamates (subject to hydrolysis) is 1. The van der Waals surface area contributed by atoms with E-state index in [4.69, 9.17) is 9.26 Å². The van der Waals surface area contributed by atoms with E-state index in [2.05, 4.69) is 21.1 Å². The van der Waals surface area contributed by atoms with Gasteiger partial charge < -0.3 is 35.2 Å². The van der Waals surface area contributed by atoms with Gasteiger partial charge in [-0.05, 0) is 32.8 Å². The Morgan fingerprint density at radius 1 is 1.21 bits per heavy atom. The van der Waals surface area contributed by atoms with Crippen molar-refractivity contribution in [3.8, 4) is 0 Å². The normalized spacial score (nSPS) is 18.6. The average Bonchev–Trinajstić information content (AvgIpc) is 3.38. The molecule has 1 aromatic carbocycles. The molecule has 0 spiro atoms. The summed E-state index contributed by atoms with van der Waals surface area (Å²) in [5.41, 5.74) is 1.48. The van der Waals surface area contributed by atoms with Crippen LogP contribution in [0.25, 0.3) is 0 Å². The second-order valence-corrected chi connectivity index (χ2v) is 10.9. The van der Waals surface area contributed by atoms with E-state index in [9.17, 15) is 19.5 Å². The van der Waals surface area contributed by atoms with Gasteiger partial charge in [0, 0.05) is 12.0 Å². The van der Waals surface area contributed by atoms with E-state index in [1.807, 2.05) is 58.0 Å². The molecule has 0 saturated carbocycles. The molecule has 0 bridgehead atoms. The van der Waals surface area contributed by atoms with Gasteiger partial charge in [0.1, 0.15) is 17.5 Å². The zero-order valence-corrected chi connectivity index (χ0v) is 23.6. The Balaban J connectivity index is 1.60. The van der Waals surface area contributed by atoms with E-state index >= 15 is 0 Å². The maximum absolute atomic E-state index is 12.9. The van der Waals surface area contributed by atoms with Gasteiger partial charge in [-0.1, -0.05) is 69.1 Å². The molecule has 0 unspecified atom stereocenters. The number of aliphatic hydroxyl groups excluding tert-OH is 1. The summed E-state index contributed by atoms with van der Waals surface area (Å²) in [6, 6.07) is 7.94. The second kappa shape index (κ2) is 13.0. The van der Waals surface area contributed by atoms with Crippen molar-refractivity contribution in [2.45, 2.75) is 85.1 Å². The quantitative estimate of drug-likeness (QED) is 0.353. The van der Waals surface area contributed by atoms with Crippen LogP contribution in [0, 0.1) is 19.3 Å². The largest absolute Gasteiger partial charge is 0.444 e. The smallest absolute Gasteiger partial charge is 0.407 e. The van der Waals surface area contributed by atoms with Crippen LogP contribution in [0.4, 0.5) is 15.3 Å². The minimum absolute atomic E-state index is 0.187. The highest BCUT2D eigenvalue weighted by Gasteiger charge is 2.44. The second-order valence-electron chi connectivity index (χ2n) is 10.9. The zero-order chi connectivity index (χ0) is 28.7. The number of carbonyl (C=O) groups is 3. The number of amides is 4. The third-order valence-corrected chi connectivity index (χ3v) is 7.14. The first-order valence-electron chi connectivity index (χ1n) is 13.4. The topological polar surface area (TPSA) is 146 Å². The van der Waals surface area contributed by atoms with Crippen molar-refractivity contribution in [1.29, 1.82) is 0 Å². The number of unbranched alkanes of at least 4 members (excludes halogenated alkanes) is 1. The molecule has 1 saturated heterocycles. The molecule has 4 atom stereocenters. The van der Waals surface area contributed by atoms with E-state index in [-0.39, 0.29) is 18.6 Å². The molecule has 0 radical (unpaired) electrons. The number of rotatable bonds is 10. The van der Waals surface area contributed by atoms with Crippen molar-refractivity contribution in [3.63, 3.8) is 0 Å². The molecule has 1 aromatic heterocycles. The molecule has 4 N–H and O–H groups in total. The van der Waals surface area contributed by atoms with Crippen molar-refractivity contribution in [1.82, 2.24) is 20.7 Å². The summed E-state index contributed by atoms with van der Waals surface area (Å²) in [5, 5.41) is 23.0. The van der Waals surface area contributed by atoms with E-state index in [0.29, 0.717) is 36.5 Å². The van der Waals surface area contributed by atoms with Crippen LogP contribution in [-0.4, -0.2) is 64.5 Å². The Morgan fingerprint density at radius 3 is 2.51 bits per heavy atom. The Labute approximate surface area is 229 Å². The van der Waals surface area contributed by atoms with Crippen LogP contribution >= 0.6 is 0 Å². The minimum atomic E-state index is -1.45. The first-order chi connectivity index (χ1) is 18.4. The molecule has 1 aliphatic rings.